The average Bonchev–Trinajstić information content (AvgIpc) is 2.72. The molecule has 0 saturated carbocycles. The van der Waals surface area contributed by atoms with Crippen LogP contribution in [0.1, 0.15) is 18.9 Å². The first-order valence-electron chi connectivity index (χ1n) is 9.40. The normalized spacial score (nSPS) is 11.2. The predicted octanol–water partition coefficient (Wildman–Crippen LogP) is 4.81. The molecule has 0 fully saturated rings. The highest BCUT2D eigenvalue weighted by molar-refractivity contribution is 9.10. The summed E-state index contributed by atoms with van der Waals surface area (Å²) in [6.07, 6.45) is 0.0707. The van der Waals surface area contributed by atoms with E-state index in [1.54, 1.807) is 6.92 Å². The van der Waals surface area contributed by atoms with E-state index in [-0.39, 0.29) is 18.9 Å². The maximum Gasteiger partial charge on any atom is 0.277 e. The molecule has 154 valence electrons. The third kappa shape index (κ3) is 6.15. The molecule has 3 aromatic rings. The van der Waals surface area contributed by atoms with E-state index in [0.29, 0.717) is 11.5 Å². The summed E-state index contributed by atoms with van der Waals surface area (Å²) in [5, 5.41) is 8.95. The molecule has 0 bridgehead atoms. The number of nitrogens with zero attached hydrogens (tertiary/aromatic N) is 1. The van der Waals surface area contributed by atoms with Crippen molar-refractivity contribution in [3.8, 4) is 5.75 Å². The molecular formula is C23H22BrN3O3. The molecule has 6 nitrogen and oxygen atoms in total. The number of carbonyl (C=O) groups excluding carboxylic acids is 2. The fourth-order valence-corrected chi connectivity index (χ4v) is 3.31. The van der Waals surface area contributed by atoms with Crippen LogP contribution in [-0.2, 0) is 9.59 Å². The Morgan fingerprint density at radius 2 is 1.77 bits per heavy atom. The van der Waals surface area contributed by atoms with Crippen molar-refractivity contribution >= 4 is 49.9 Å². The molecule has 0 aliphatic rings. The van der Waals surface area contributed by atoms with Crippen molar-refractivity contribution in [3.63, 3.8) is 0 Å². The van der Waals surface area contributed by atoms with Crippen molar-refractivity contribution in [3.05, 3.63) is 70.7 Å². The highest BCUT2D eigenvalue weighted by atomic mass is 79.9. The number of nitrogens with one attached hydrogen (secondary N) is 2. The van der Waals surface area contributed by atoms with Crippen molar-refractivity contribution in [1.82, 2.24) is 5.43 Å². The van der Waals surface area contributed by atoms with Crippen LogP contribution in [0.3, 0.4) is 0 Å². The van der Waals surface area contributed by atoms with Crippen LogP contribution in [0.15, 0.2) is 70.2 Å². The molecule has 3 aromatic carbocycles. The van der Waals surface area contributed by atoms with Crippen LogP contribution in [0.2, 0.25) is 0 Å². The molecule has 2 N–H and O–H groups in total. The zero-order chi connectivity index (χ0) is 21.5. The van der Waals surface area contributed by atoms with E-state index in [9.17, 15) is 9.59 Å². The zero-order valence-electron chi connectivity index (χ0n) is 16.7. The van der Waals surface area contributed by atoms with Gasteiger partial charge < -0.3 is 10.1 Å². The van der Waals surface area contributed by atoms with Crippen LogP contribution in [0, 0.1) is 6.92 Å². The summed E-state index contributed by atoms with van der Waals surface area (Å²) in [6.45, 7) is 3.43. The number of benzene rings is 3. The summed E-state index contributed by atoms with van der Waals surface area (Å²) >= 11 is 3.39. The lowest BCUT2D eigenvalue weighted by atomic mass is 10.1. The van der Waals surface area contributed by atoms with Crippen molar-refractivity contribution in [2.75, 3.05) is 11.9 Å². The van der Waals surface area contributed by atoms with E-state index in [4.69, 9.17) is 4.74 Å². The molecule has 0 saturated heterocycles. The minimum absolute atomic E-state index is 0.0707. The molecule has 0 aliphatic heterocycles. The zero-order valence-corrected chi connectivity index (χ0v) is 18.3. The summed E-state index contributed by atoms with van der Waals surface area (Å²) in [4.78, 5) is 24.2. The predicted molar refractivity (Wildman–Crippen MR) is 123 cm³/mol. The number of aryl methyl sites for hydroxylation is 1. The Bertz CT molecular complexity index is 1110. The Balaban J connectivity index is 1.46. The minimum atomic E-state index is -0.397. The summed E-state index contributed by atoms with van der Waals surface area (Å²) in [6, 6.07) is 19.2. The van der Waals surface area contributed by atoms with Gasteiger partial charge in [0.1, 0.15) is 5.75 Å². The van der Waals surface area contributed by atoms with Gasteiger partial charge in [-0.1, -0.05) is 46.3 Å². The summed E-state index contributed by atoms with van der Waals surface area (Å²) < 4.78 is 6.48. The SMILES string of the molecule is C/C(CC(=O)Nc1ccc(Br)cc1C)=N\NC(=O)COc1ccc2ccccc2c1. The monoisotopic (exact) mass is 467 g/mol. The van der Waals surface area contributed by atoms with Crippen LogP contribution in [0.5, 0.6) is 5.75 Å². The minimum Gasteiger partial charge on any atom is -0.484 e. The molecule has 0 aromatic heterocycles. The van der Waals surface area contributed by atoms with Gasteiger partial charge in [-0.2, -0.15) is 5.10 Å². The second-order valence-corrected chi connectivity index (χ2v) is 7.78. The number of ether oxygens (including phenoxy) is 1. The van der Waals surface area contributed by atoms with Crippen LogP contribution in [0.4, 0.5) is 5.69 Å². The van der Waals surface area contributed by atoms with E-state index >= 15 is 0 Å². The van der Waals surface area contributed by atoms with Crippen LogP contribution >= 0.6 is 15.9 Å². The molecule has 0 heterocycles. The van der Waals surface area contributed by atoms with Gasteiger partial charge in [-0.3, -0.25) is 9.59 Å². The lowest BCUT2D eigenvalue weighted by Crippen LogP contribution is -2.26. The number of halogens is 1. The number of fused-ring (bicyclic) bond motifs is 1. The van der Waals surface area contributed by atoms with Crippen molar-refractivity contribution < 1.29 is 14.3 Å². The van der Waals surface area contributed by atoms with E-state index in [0.717, 1.165) is 26.5 Å². The first kappa shape index (κ1) is 21.5. The van der Waals surface area contributed by atoms with E-state index < -0.39 is 5.91 Å². The fraction of sp³-hybridized carbons (Fsp3) is 0.174. The van der Waals surface area contributed by atoms with Crippen molar-refractivity contribution in [2.45, 2.75) is 20.3 Å². The van der Waals surface area contributed by atoms with Gasteiger partial charge in [0.05, 0.1) is 6.42 Å². The molecule has 3 rings (SSSR count). The number of amides is 2. The topological polar surface area (TPSA) is 79.8 Å². The van der Waals surface area contributed by atoms with Gasteiger partial charge >= 0.3 is 0 Å². The Labute approximate surface area is 183 Å². The van der Waals surface area contributed by atoms with Crippen molar-refractivity contribution in [2.24, 2.45) is 5.10 Å². The lowest BCUT2D eigenvalue weighted by Gasteiger charge is -2.09. The van der Waals surface area contributed by atoms with Gasteiger partial charge in [-0.25, -0.2) is 5.43 Å². The quantitative estimate of drug-likeness (QED) is 0.386. The summed E-state index contributed by atoms with van der Waals surface area (Å²) in [7, 11) is 0. The number of hydrogen-bond donors (Lipinski definition) is 2. The van der Waals surface area contributed by atoms with Gasteiger partial charge in [0.2, 0.25) is 5.91 Å². The molecule has 0 aliphatic carbocycles. The van der Waals surface area contributed by atoms with E-state index in [1.165, 1.54) is 0 Å². The van der Waals surface area contributed by atoms with Gasteiger partial charge in [0.15, 0.2) is 6.61 Å². The van der Waals surface area contributed by atoms with Crippen LogP contribution in [0.25, 0.3) is 10.8 Å². The average molecular weight is 468 g/mol. The summed E-state index contributed by atoms with van der Waals surface area (Å²) in [5.74, 6) is 0.00352. The Kier molecular flexibility index (Phi) is 7.19. The smallest absolute Gasteiger partial charge is 0.277 e. The molecule has 2 amide bonds. The second kappa shape index (κ2) is 10.0. The molecule has 0 radical (unpaired) electrons. The van der Waals surface area contributed by atoms with E-state index in [2.05, 4.69) is 31.8 Å². The lowest BCUT2D eigenvalue weighted by molar-refractivity contribution is -0.123. The number of carbonyl (C=O) groups is 2. The Hall–Kier alpha value is -3.19. The third-order valence-corrected chi connectivity index (χ3v) is 4.83. The van der Waals surface area contributed by atoms with Crippen molar-refractivity contribution in [1.29, 1.82) is 0 Å². The van der Waals surface area contributed by atoms with Gasteiger partial charge in [-0.05, 0) is 60.5 Å². The molecular weight excluding hydrogens is 446 g/mol. The Morgan fingerprint density at radius 3 is 2.53 bits per heavy atom. The van der Waals surface area contributed by atoms with Crippen LogP contribution in [-0.4, -0.2) is 24.1 Å². The number of rotatable bonds is 7. The summed E-state index contributed by atoms with van der Waals surface area (Å²) in [5.41, 5.74) is 4.59. The molecule has 0 atom stereocenters. The maximum atomic E-state index is 12.2. The maximum absolute atomic E-state index is 12.2. The molecule has 0 unspecified atom stereocenters. The van der Waals surface area contributed by atoms with E-state index in [1.807, 2.05) is 67.6 Å². The first-order valence-corrected chi connectivity index (χ1v) is 10.2. The standard InChI is InChI=1S/C23H22BrN3O3/c1-15-11-19(24)8-10-21(15)25-22(28)12-16(2)26-27-23(29)14-30-20-9-7-17-5-3-4-6-18(17)13-20/h3-11,13H,12,14H2,1-2H3,(H,25,28)(H,27,29)/b26-16+. The largest absolute Gasteiger partial charge is 0.484 e. The second-order valence-electron chi connectivity index (χ2n) is 6.86. The third-order valence-electron chi connectivity index (χ3n) is 4.34. The van der Waals surface area contributed by atoms with Crippen LogP contribution < -0.4 is 15.5 Å². The number of hydrogen-bond acceptors (Lipinski definition) is 4. The van der Waals surface area contributed by atoms with Gasteiger partial charge in [0.25, 0.3) is 5.91 Å². The molecule has 30 heavy (non-hydrogen) atoms. The van der Waals surface area contributed by atoms with Gasteiger partial charge in [-0.15, -0.1) is 0 Å². The highest BCUT2D eigenvalue weighted by Gasteiger charge is 2.08. The molecule has 0 spiro atoms. The first-order chi connectivity index (χ1) is 14.4. The number of anilines is 1. The highest BCUT2D eigenvalue weighted by Crippen LogP contribution is 2.21. The van der Waals surface area contributed by atoms with Gasteiger partial charge in [0, 0.05) is 15.9 Å². The fourth-order valence-electron chi connectivity index (χ4n) is 2.83. The molecule has 7 heteroatoms. The Morgan fingerprint density at radius 1 is 1.00 bits per heavy atom. The number of hydrazone groups is 1.